The zero-order chi connectivity index (χ0) is 26.2. The Kier molecular flexibility index (Phi) is 11.0. The molecule has 2 rings (SSSR count). The maximum atomic E-state index is 12.7. The number of imide groups is 1. The van der Waals surface area contributed by atoms with Gasteiger partial charge in [0.15, 0.2) is 0 Å². The molecule has 0 aliphatic carbocycles. The summed E-state index contributed by atoms with van der Waals surface area (Å²) in [5.41, 5.74) is 3.28. The summed E-state index contributed by atoms with van der Waals surface area (Å²) in [5, 5.41) is 24.5. The highest BCUT2D eigenvalue weighted by Gasteiger charge is 2.59. The molecule has 0 radical (unpaired) electrons. The van der Waals surface area contributed by atoms with E-state index < -0.39 is 35.6 Å². The summed E-state index contributed by atoms with van der Waals surface area (Å²) in [6, 6.07) is 4.22. The lowest BCUT2D eigenvalue weighted by Gasteiger charge is -2.58. The number of nitrogens with zero attached hydrogens (tertiary/aromatic N) is 1. The number of halogens is 3. The molecule has 3 unspecified atom stereocenters. The molecule has 1 saturated heterocycles. The fourth-order valence-electron chi connectivity index (χ4n) is 5.28. The number of hydrogen-bond donors (Lipinski definition) is 4. The number of carbonyl (C=O) groups is 2. The Labute approximate surface area is 199 Å². The van der Waals surface area contributed by atoms with Crippen molar-refractivity contribution in [3.05, 3.63) is 29.3 Å². The Bertz CT molecular complexity index is 821. The van der Waals surface area contributed by atoms with Gasteiger partial charge in [0.05, 0.1) is 5.60 Å². The van der Waals surface area contributed by atoms with Crippen molar-refractivity contribution in [2.45, 2.75) is 82.5 Å². The maximum Gasteiger partial charge on any atom is 0.389 e. The number of nitrogens with one attached hydrogen (secondary N) is 1. The number of hydrogen-bond acceptors (Lipinski definition) is 6. The van der Waals surface area contributed by atoms with Gasteiger partial charge in [-0.3, -0.25) is 19.8 Å². The molecule has 34 heavy (non-hydrogen) atoms. The van der Waals surface area contributed by atoms with Gasteiger partial charge in [0.2, 0.25) is 12.3 Å². The van der Waals surface area contributed by atoms with Crippen LogP contribution < -0.4 is 11.1 Å². The Balaban J connectivity index is 0.00000281. The number of aromatic hydroxyl groups is 1. The summed E-state index contributed by atoms with van der Waals surface area (Å²) >= 11 is 0. The number of benzene rings is 1. The molecule has 10 heteroatoms. The number of carbonyl (C=O) groups excluding carboxylic acids is 2. The van der Waals surface area contributed by atoms with Crippen LogP contribution in [0, 0.1) is 6.92 Å². The topological polar surface area (TPSA) is 116 Å². The highest BCUT2D eigenvalue weighted by atomic mass is 19.4. The van der Waals surface area contributed by atoms with Gasteiger partial charge in [0.25, 0.3) is 0 Å². The lowest BCUT2D eigenvalue weighted by Crippen LogP contribution is -2.68. The second kappa shape index (κ2) is 12.5. The number of phenols is 1. The normalized spacial score (nSPS) is 25.3. The predicted molar refractivity (Wildman–Crippen MR) is 124 cm³/mol. The van der Waals surface area contributed by atoms with Crippen molar-refractivity contribution in [2.24, 2.45) is 5.73 Å². The molecule has 0 bridgehead atoms. The minimum Gasteiger partial charge on any atom is -0.508 e. The van der Waals surface area contributed by atoms with E-state index in [1.165, 1.54) is 19.2 Å². The zero-order valence-corrected chi connectivity index (χ0v) is 20.4. The van der Waals surface area contributed by atoms with Gasteiger partial charge in [0, 0.05) is 24.3 Å². The summed E-state index contributed by atoms with van der Waals surface area (Å²) in [6.07, 6.45) is -3.96. The van der Waals surface area contributed by atoms with Gasteiger partial charge < -0.3 is 15.9 Å². The first-order valence-electron chi connectivity index (χ1n) is 11.5. The average molecular weight is 490 g/mol. The number of alkyl halides is 3. The van der Waals surface area contributed by atoms with E-state index in [2.05, 4.69) is 11.1 Å². The molecular formula is C24H38F3N3O4. The molecule has 7 nitrogen and oxygen atoms in total. The lowest BCUT2D eigenvalue weighted by atomic mass is 9.56. The van der Waals surface area contributed by atoms with Gasteiger partial charge >= 0.3 is 6.18 Å². The van der Waals surface area contributed by atoms with Crippen LogP contribution in [0.2, 0.25) is 0 Å². The highest BCUT2D eigenvalue weighted by molar-refractivity contribution is 5.87. The largest absolute Gasteiger partial charge is 0.508 e. The van der Waals surface area contributed by atoms with Crippen molar-refractivity contribution < 1.29 is 33.0 Å². The minimum absolute atomic E-state index is 0.0140. The summed E-state index contributed by atoms with van der Waals surface area (Å²) in [7, 11) is 1.50. The summed E-state index contributed by atoms with van der Waals surface area (Å²) < 4.78 is 38.0. The van der Waals surface area contributed by atoms with Crippen molar-refractivity contribution in [1.29, 1.82) is 0 Å². The van der Waals surface area contributed by atoms with Crippen LogP contribution in [0.15, 0.2) is 18.2 Å². The van der Waals surface area contributed by atoms with E-state index in [-0.39, 0.29) is 31.6 Å². The molecule has 1 aromatic rings. The molecular weight excluding hydrogens is 451 g/mol. The smallest absolute Gasteiger partial charge is 0.389 e. The molecule has 1 aliphatic heterocycles. The first-order chi connectivity index (χ1) is 15.9. The summed E-state index contributed by atoms with van der Waals surface area (Å²) in [4.78, 5) is 25.3. The molecule has 1 fully saturated rings. The van der Waals surface area contributed by atoms with Crippen LogP contribution in [0.1, 0.15) is 63.5 Å². The quantitative estimate of drug-likeness (QED) is 0.396. The minimum atomic E-state index is -4.24. The summed E-state index contributed by atoms with van der Waals surface area (Å²) in [6.45, 7) is 6.02. The zero-order valence-electron chi connectivity index (χ0n) is 20.4. The van der Waals surface area contributed by atoms with Gasteiger partial charge in [-0.05, 0) is 76.5 Å². The monoisotopic (exact) mass is 489 g/mol. The number of rotatable bonds is 9. The van der Waals surface area contributed by atoms with E-state index in [4.69, 9.17) is 0 Å². The Morgan fingerprint density at radius 1 is 1.35 bits per heavy atom. The second-order valence-corrected chi connectivity index (χ2v) is 8.80. The third-order valence-corrected chi connectivity index (χ3v) is 6.85. The van der Waals surface area contributed by atoms with Crippen LogP contribution in [0.3, 0.4) is 0 Å². The number of aryl methyl sites for hydroxylation is 1. The van der Waals surface area contributed by atoms with Crippen molar-refractivity contribution in [1.82, 2.24) is 10.2 Å². The van der Waals surface area contributed by atoms with E-state index in [1.807, 2.05) is 18.7 Å². The molecule has 0 saturated carbocycles. The molecule has 194 valence electrons. The molecule has 2 amide bonds. The molecule has 0 spiro atoms. The summed E-state index contributed by atoms with van der Waals surface area (Å²) in [5.74, 6) is -0.574. The van der Waals surface area contributed by atoms with E-state index in [9.17, 15) is 33.0 Å². The van der Waals surface area contributed by atoms with Crippen LogP contribution in [0.4, 0.5) is 13.2 Å². The van der Waals surface area contributed by atoms with Gasteiger partial charge in [-0.2, -0.15) is 13.2 Å². The predicted octanol–water partition coefficient (Wildman–Crippen LogP) is 3.14. The molecule has 1 aliphatic rings. The highest BCUT2D eigenvalue weighted by Crippen LogP contribution is 2.51. The van der Waals surface area contributed by atoms with Crippen molar-refractivity contribution >= 4 is 12.3 Å². The standard InChI is InChI=1S/C23H33F3N2O4.CH5N/c1-4-8-22(32)17(3)28(11-5-9-23(24,25)26)12-10-21(22,14-20(31)27-15-29)19-13-18(30)7-6-16(19)2;1-2/h6-7,13,15,17,30,32H,4-5,8-12,14H2,1-3H3,(H,27,29,31);2H2,1H3. The Morgan fingerprint density at radius 2 is 2.00 bits per heavy atom. The molecule has 0 aromatic heterocycles. The van der Waals surface area contributed by atoms with Gasteiger partial charge in [-0.15, -0.1) is 0 Å². The van der Waals surface area contributed by atoms with E-state index in [0.29, 0.717) is 31.4 Å². The number of piperidine rings is 1. The van der Waals surface area contributed by atoms with Crippen LogP contribution in [-0.4, -0.2) is 65.4 Å². The molecule has 5 N–H and O–H groups in total. The van der Waals surface area contributed by atoms with Gasteiger partial charge in [-0.25, -0.2) is 0 Å². The molecule has 3 atom stereocenters. The van der Waals surface area contributed by atoms with Crippen molar-refractivity contribution in [3.8, 4) is 5.75 Å². The number of likely N-dealkylation sites (tertiary alicyclic amines) is 1. The van der Waals surface area contributed by atoms with Crippen LogP contribution in [0.25, 0.3) is 0 Å². The van der Waals surface area contributed by atoms with E-state index in [1.54, 1.807) is 13.0 Å². The Morgan fingerprint density at radius 3 is 2.56 bits per heavy atom. The van der Waals surface area contributed by atoms with E-state index in [0.717, 1.165) is 5.56 Å². The first-order valence-corrected chi connectivity index (χ1v) is 11.5. The lowest BCUT2D eigenvalue weighted by molar-refractivity contribution is -0.156. The van der Waals surface area contributed by atoms with Gasteiger partial charge in [-0.1, -0.05) is 19.4 Å². The number of aliphatic hydroxyl groups is 1. The molecule has 1 heterocycles. The second-order valence-electron chi connectivity index (χ2n) is 8.80. The number of amides is 2. The van der Waals surface area contributed by atoms with Crippen molar-refractivity contribution in [3.63, 3.8) is 0 Å². The third kappa shape index (κ3) is 6.70. The van der Waals surface area contributed by atoms with Gasteiger partial charge in [0.1, 0.15) is 5.75 Å². The number of nitrogens with two attached hydrogens (primary N) is 1. The maximum absolute atomic E-state index is 12.7. The van der Waals surface area contributed by atoms with Crippen LogP contribution in [0.5, 0.6) is 5.75 Å². The third-order valence-electron chi connectivity index (χ3n) is 6.85. The Hall–Kier alpha value is -2.17. The van der Waals surface area contributed by atoms with E-state index >= 15 is 0 Å². The number of phenolic OH excluding ortho intramolecular Hbond substituents is 1. The SMILES string of the molecule is CCCC1(O)C(C)N(CCCC(F)(F)F)CCC1(CC(=O)NC=O)c1cc(O)ccc1C.CN. The van der Waals surface area contributed by atoms with Crippen LogP contribution >= 0.6 is 0 Å². The average Bonchev–Trinajstić information content (AvgIpc) is 2.76. The molecule has 1 aromatic carbocycles. The first kappa shape index (κ1) is 29.9. The van der Waals surface area contributed by atoms with Crippen molar-refractivity contribution in [2.75, 3.05) is 20.1 Å². The fraction of sp³-hybridized carbons (Fsp3) is 0.667. The fourth-order valence-corrected chi connectivity index (χ4v) is 5.28. The van der Waals surface area contributed by atoms with Crippen LogP contribution in [-0.2, 0) is 15.0 Å².